The van der Waals surface area contributed by atoms with Crippen LogP contribution in [-0.2, 0) is 9.53 Å². The van der Waals surface area contributed by atoms with E-state index < -0.39 is 11.1 Å². The van der Waals surface area contributed by atoms with Gasteiger partial charge >= 0.3 is 5.97 Å². The van der Waals surface area contributed by atoms with E-state index in [1.807, 2.05) is 27.7 Å². The molecular formula is C9H17NO2. The summed E-state index contributed by atoms with van der Waals surface area (Å²) >= 11 is 0. The highest BCUT2D eigenvalue weighted by atomic mass is 16.6. The summed E-state index contributed by atoms with van der Waals surface area (Å²) in [6.07, 6.45) is 0.752. The van der Waals surface area contributed by atoms with Crippen LogP contribution in [0.25, 0.3) is 0 Å². The summed E-state index contributed by atoms with van der Waals surface area (Å²) in [7, 11) is 0. The standard InChI is InChI=1S/C9H17NO2/c1-6-5-9(6,10)7(11)12-8(2,3)4/h6H,5,10H2,1-4H3/t6-,9-/m1/s1. The molecule has 0 aromatic heterocycles. The molecule has 1 saturated carbocycles. The molecule has 0 unspecified atom stereocenters. The Bertz CT molecular complexity index is 207. The first-order valence-electron chi connectivity index (χ1n) is 4.28. The van der Waals surface area contributed by atoms with Crippen molar-refractivity contribution >= 4 is 5.97 Å². The Morgan fingerprint density at radius 1 is 1.58 bits per heavy atom. The fourth-order valence-electron chi connectivity index (χ4n) is 1.11. The Labute approximate surface area is 73.3 Å². The van der Waals surface area contributed by atoms with Gasteiger partial charge in [-0.3, -0.25) is 4.79 Å². The van der Waals surface area contributed by atoms with Crippen LogP contribution >= 0.6 is 0 Å². The van der Waals surface area contributed by atoms with Crippen molar-refractivity contribution in [3.05, 3.63) is 0 Å². The third-order valence-corrected chi connectivity index (χ3v) is 2.14. The van der Waals surface area contributed by atoms with E-state index in [2.05, 4.69) is 0 Å². The molecule has 3 heteroatoms. The molecule has 2 atom stereocenters. The number of esters is 1. The summed E-state index contributed by atoms with van der Waals surface area (Å²) < 4.78 is 5.17. The van der Waals surface area contributed by atoms with Crippen molar-refractivity contribution in [3.8, 4) is 0 Å². The van der Waals surface area contributed by atoms with Gasteiger partial charge in [-0.05, 0) is 33.1 Å². The fourth-order valence-corrected chi connectivity index (χ4v) is 1.11. The maximum atomic E-state index is 11.4. The highest BCUT2D eigenvalue weighted by Gasteiger charge is 2.56. The van der Waals surface area contributed by atoms with Crippen LogP contribution in [0.4, 0.5) is 0 Å². The van der Waals surface area contributed by atoms with Crippen molar-refractivity contribution in [3.63, 3.8) is 0 Å². The summed E-state index contributed by atoms with van der Waals surface area (Å²) in [5.74, 6) is 0.00912. The topological polar surface area (TPSA) is 52.3 Å². The van der Waals surface area contributed by atoms with Crippen molar-refractivity contribution in [2.75, 3.05) is 0 Å². The van der Waals surface area contributed by atoms with E-state index in [0.29, 0.717) is 0 Å². The normalized spacial score (nSPS) is 34.6. The summed E-state index contributed by atoms with van der Waals surface area (Å²) in [4.78, 5) is 11.4. The van der Waals surface area contributed by atoms with Crippen LogP contribution in [0.15, 0.2) is 0 Å². The number of rotatable bonds is 1. The molecule has 1 fully saturated rings. The van der Waals surface area contributed by atoms with Crippen LogP contribution in [0.1, 0.15) is 34.1 Å². The molecule has 0 aromatic rings. The third kappa shape index (κ3) is 1.78. The van der Waals surface area contributed by atoms with Crippen LogP contribution < -0.4 is 5.73 Å². The lowest BCUT2D eigenvalue weighted by Gasteiger charge is -2.22. The van der Waals surface area contributed by atoms with E-state index in [4.69, 9.17) is 10.5 Å². The molecule has 1 aliphatic rings. The summed E-state index contributed by atoms with van der Waals surface area (Å²) in [6.45, 7) is 7.51. The molecule has 70 valence electrons. The van der Waals surface area contributed by atoms with Gasteiger partial charge in [-0.1, -0.05) is 6.92 Å². The van der Waals surface area contributed by atoms with Gasteiger partial charge in [0.15, 0.2) is 0 Å². The van der Waals surface area contributed by atoms with Crippen LogP contribution in [0.5, 0.6) is 0 Å². The Kier molecular flexibility index (Phi) is 1.95. The molecule has 0 radical (unpaired) electrons. The smallest absolute Gasteiger partial charge is 0.326 e. The van der Waals surface area contributed by atoms with E-state index in [9.17, 15) is 4.79 Å². The van der Waals surface area contributed by atoms with Crippen molar-refractivity contribution < 1.29 is 9.53 Å². The van der Waals surface area contributed by atoms with E-state index in [1.54, 1.807) is 0 Å². The molecule has 0 amide bonds. The van der Waals surface area contributed by atoms with Crippen LogP contribution in [0, 0.1) is 5.92 Å². The van der Waals surface area contributed by atoms with Gasteiger partial charge in [-0.2, -0.15) is 0 Å². The monoisotopic (exact) mass is 171 g/mol. The number of ether oxygens (including phenoxy) is 1. The average Bonchev–Trinajstić information content (AvgIpc) is 2.37. The minimum Gasteiger partial charge on any atom is -0.459 e. The van der Waals surface area contributed by atoms with E-state index in [1.165, 1.54) is 0 Å². The van der Waals surface area contributed by atoms with Crippen molar-refractivity contribution in [1.29, 1.82) is 0 Å². The number of carbonyl (C=O) groups is 1. The Hall–Kier alpha value is -0.570. The van der Waals surface area contributed by atoms with E-state index in [-0.39, 0.29) is 11.9 Å². The average molecular weight is 171 g/mol. The number of hydrogen-bond acceptors (Lipinski definition) is 3. The maximum Gasteiger partial charge on any atom is 0.326 e. The second-order valence-electron chi connectivity index (χ2n) is 4.65. The summed E-state index contributed by atoms with van der Waals surface area (Å²) in [5.41, 5.74) is 4.65. The number of nitrogens with two attached hydrogens (primary N) is 1. The zero-order valence-electron chi connectivity index (χ0n) is 8.18. The van der Waals surface area contributed by atoms with E-state index >= 15 is 0 Å². The van der Waals surface area contributed by atoms with Crippen LogP contribution in [-0.4, -0.2) is 17.1 Å². The van der Waals surface area contributed by atoms with Gasteiger partial charge in [0.2, 0.25) is 0 Å². The zero-order chi connectivity index (χ0) is 9.57. The molecule has 3 nitrogen and oxygen atoms in total. The highest BCUT2D eigenvalue weighted by Crippen LogP contribution is 2.41. The maximum absolute atomic E-state index is 11.4. The van der Waals surface area contributed by atoms with Crippen molar-refractivity contribution in [2.45, 2.75) is 45.3 Å². The third-order valence-electron chi connectivity index (χ3n) is 2.14. The predicted octanol–water partition coefficient (Wildman–Crippen LogP) is 1.07. The molecule has 0 heterocycles. The molecule has 1 aliphatic carbocycles. The second-order valence-corrected chi connectivity index (χ2v) is 4.65. The quantitative estimate of drug-likeness (QED) is 0.600. The number of hydrogen-bond donors (Lipinski definition) is 1. The van der Waals surface area contributed by atoms with Gasteiger partial charge in [-0.15, -0.1) is 0 Å². The SMILES string of the molecule is C[C@@H]1C[C@]1(N)C(=O)OC(C)(C)C. The van der Waals surface area contributed by atoms with Crippen LogP contribution in [0.2, 0.25) is 0 Å². The van der Waals surface area contributed by atoms with Crippen LogP contribution in [0.3, 0.4) is 0 Å². The molecule has 0 aromatic carbocycles. The molecule has 0 saturated heterocycles. The predicted molar refractivity (Wildman–Crippen MR) is 46.5 cm³/mol. The summed E-state index contributed by atoms with van der Waals surface area (Å²) in [5, 5.41) is 0. The second kappa shape index (κ2) is 2.46. The highest BCUT2D eigenvalue weighted by molar-refractivity contribution is 5.84. The minimum absolute atomic E-state index is 0.262. The Balaban J connectivity index is 2.51. The number of carbonyl (C=O) groups excluding carboxylic acids is 1. The van der Waals surface area contributed by atoms with Gasteiger partial charge in [0, 0.05) is 0 Å². The first kappa shape index (κ1) is 9.52. The van der Waals surface area contributed by atoms with Crippen molar-refractivity contribution in [1.82, 2.24) is 0 Å². The lowest BCUT2D eigenvalue weighted by molar-refractivity contribution is -0.158. The first-order valence-corrected chi connectivity index (χ1v) is 4.28. The molecule has 2 N–H and O–H groups in total. The molecule has 1 rings (SSSR count). The Morgan fingerprint density at radius 2 is 2.00 bits per heavy atom. The lowest BCUT2D eigenvalue weighted by atomic mass is 10.1. The zero-order valence-corrected chi connectivity index (χ0v) is 8.18. The Morgan fingerprint density at radius 3 is 2.25 bits per heavy atom. The molecule has 0 bridgehead atoms. The fraction of sp³-hybridized carbons (Fsp3) is 0.889. The minimum atomic E-state index is -0.687. The lowest BCUT2D eigenvalue weighted by Crippen LogP contribution is -2.40. The van der Waals surface area contributed by atoms with E-state index in [0.717, 1.165) is 6.42 Å². The summed E-state index contributed by atoms with van der Waals surface area (Å²) in [6, 6.07) is 0. The van der Waals surface area contributed by atoms with Crippen molar-refractivity contribution in [2.24, 2.45) is 11.7 Å². The molecule has 12 heavy (non-hydrogen) atoms. The van der Waals surface area contributed by atoms with Gasteiger partial charge < -0.3 is 10.5 Å². The van der Waals surface area contributed by atoms with Gasteiger partial charge in [0.1, 0.15) is 11.1 Å². The van der Waals surface area contributed by atoms with Gasteiger partial charge in [0.25, 0.3) is 0 Å². The van der Waals surface area contributed by atoms with Gasteiger partial charge in [-0.25, -0.2) is 0 Å². The molecule has 0 spiro atoms. The molecular weight excluding hydrogens is 154 g/mol. The first-order chi connectivity index (χ1) is 5.26. The van der Waals surface area contributed by atoms with Gasteiger partial charge in [0.05, 0.1) is 0 Å². The largest absolute Gasteiger partial charge is 0.459 e. The molecule has 0 aliphatic heterocycles.